The SMILES string of the molecule is CCC(CCN)CNC(=O)c1cc(C)ccc1F. The number of hydrogen-bond donors (Lipinski definition) is 2. The Hall–Kier alpha value is -1.42. The molecule has 0 saturated heterocycles. The molecule has 0 aromatic heterocycles. The van der Waals surface area contributed by atoms with Crippen molar-refractivity contribution in [2.45, 2.75) is 26.7 Å². The molecule has 4 heteroatoms. The quantitative estimate of drug-likeness (QED) is 0.815. The standard InChI is InChI=1S/C14H21FN2O/c1-3-11(6-7-16)9-17-14(18)12-8-10(2)4-5-13(12)15/h4-5,8,11H,3,6-7,9,16H2,1-2H3,(H,17,18). The Labute approximate surface area is 108 Å². The predicted molar refractivity (Wildman–Crippen MR) is 70.9 cm³/mol. The van der Waals surface area contributed by atoms with E-state index in [1.807, 2.05) is 6.92 Å². The highest BCUT2D eigenvalue weighted by Crippen LogP contribution is 2.11. The van der Waals surface area contributed by atoms with E-state index in [9.17, 15) is 9.18 Å². The number of aryl methyl sites for hydroxylation is 1. The summed E-state index contributed by atoms with van der Waals surface area (Å²) in [5.41, 5.74) is 6.47. The van der Waals surface area contributed by atoms with Crippen LogP contribution in [0.1, 0.15) is 35.7 Å². The molecule has 0 heterocycles. The van der Waals surface area contributed by atoms with Crippen LogP contribution in [0.4, 0.5) is 4.39 Å². The predicted octanol–water partition coefficient (Wildman–Crippen LogP) is 2.24. The lowest BCUT2D eigenvalue weighted by atomic mass is 10.0. The van der Waals surface area contributed by atoms with Gasteiger partial charge in [0.2, 0.25) is 0 Å². The molecule has 18 heavy (non-hydrogen) atoms. The molecule has 1 amide bonds. The molecule has 0 spiro atoms. The van der Waals surface area contributed by atoms with E-state index in [-0.39, 0.29) is 11.5 Å². The first-order chi connectivity index (χ1) is 8.58. The summed E-state index contributed by atoms with van der Waals surface area (Å²) in [6.07, 6.45) is 1.82. The van der Waals surface area contributed by atoms with E-state index in [0.717, 1.165) is 18.4 Å². The molecule has 1 unspecified atom stereocenters. The summed E-state index contributed by atoms with van der Waals surface area (Å²) >= 11 is 0. The maximum atomic E-state index is 13.5. The van der Waals surface area contributed by atoms with Crippen molar-refractivity contribution in [1.82, 2.24) is 5.32 Å². The van der Waals surface area contributed by atoms with Crippen molar-refractivity contribution in [2.24, 2.45) is 11.7 Å². The molecule has 100 valence electrons. The maximum absolute atomic E-state index is 13.5. The molecule has 1 atom stereocenters. The van der Waals surface area contributed by atoms with Gasteiger partial charge in [0.1, 0.15) is 5.82 Å². The third-order valence-electron chi connectivity index (χ3n) is 3.07. The van der Waals surface area contributed by atoms with Gasteiger partial charge in [0.05, 0.1) is 5.56 Å². The highest BCUT2D eigenvalue weighted by atomic mass is 19.1. The smallest absolute Gasteiger partial charge is 0.254 e. The van der Waals surface area contributed by atoms with Crippen LogP contribution in [0.2, 0.25) is 0 Å². The molecule has 3 nitrogen and oxygen atoms in total. The van der Waals surface area contributed by atoms with Crippen LogP contribution in [0.3, 0.4) is 0 Å². The zero-order valence-corrected chi connectivity index (χ0v) is 11.0. The average Bonchev–Trinajstić information content (AvgIpc) is 2.37. The van der Waals surface area contributed by atoms with Crippen molar-refractivity contribution in [3.63, 3.8) is 0 Å². The minimum atomic E-state index is -0.482. The number of hydrogen-bond acceptors (Lipinski definition) is 2. The average molecular weight is 252 g/mol. The second kappa shape index (κ2) is 7.11. The van der Waals surface area contributed by atoms with Crippen LogP contribution in [0, 0.1) is 18.7 Å². The number of rotatable bonds is 6. The lowest BCUT2D eigenvalue weighted by Crippen LogP contribution is -2.30. The van der Waals surface area contributed by atoms with Gasteiger partial charge < -0.3 is 11.1 Å². The number of amides is 1. The third kappa shape index (κ3) is 4.11. The van der Waals surface area contributed by atoms with Gasteiger partial charge in [-0.05, 0) is 37.9 Å². The summed E-state index contributed by atoms with van der Waals surface area (Å²) < 4.78 is 13.5. The Morgan fingerprint density at radius 1 is 1.50 bits per heavy atom. The molecule has 1 aromatic carbocycles. The Balaban J connectivity index is 2.62. The molecule has 0 fully saturated rings. The highest BCUT2D eigenvalue weighted by molar-refractivity contribution is 5.94. The third-order valence-corrected chi connectivity index (χ3v) is 3.07. The Kier molecular flexibility index (Phi) is 5.78. The van der Waals surface area contributed by atoms with Crippen molar-refractivity contribution in [2.75, 3.05) is 13.1 Å². The number of carbonyl (C=O) groups excluding carboxylic acids is 1. The summed E-state index contributed by atoms with van der Waals surface area (Å²) in [5, 5.41) is 2.77. The van der Waals surface area contributed by atoms with Gasteiger partial charge in [0, 0.05) is 6.54 Å². The van der Waals surface area contributed by atoms with Crippen LogP contribution in [0.5, 0.6) is 0 Å². The van der Waals surface area contributed by atoms with E-state index in [4.69, 9.17) is 5.73 Å². The lowest BCUT2D eigenvalue weighted by molar-refractivity contribution is 0.0942. The number of benzene rings is 1. The molecule has 0 bridgehead atoms. The molecule has 1 rings (SSSR count). The van der Waals surface area contributed by atoms with Crippen molar-refractivity contribution < 1.29 is 9.18 Å². The lowest BCUT2D eigenvalue weighted by Gasteiger charge is -2.14. The summed E-state index contributed by atoms with van der Waals surface area (Å²) in [4.78, 5) is 11.9. The molecular weight excluding hydrogens is 231 g/mol. The van der Waals surface area contributed by atoms with Crippen molar-refractivity contribution >= 4 is 5.91 Å². The Morgan fingerprint density at radius 2 is 2.22 bits per heavy atom. The zero-order valence-electron chi connectivity index (χ0n) is 11.0. The van der Waals surface area contributed by atoms with Gasteiger partial charge in [-0.3, -0.25) is 4.79 Å². The van der Waals surface area contributed by atoms with Gasteiger partial charge in [0.25, 0.3) is 5.91 Å². The molecule has 1 aromatic rings. The van der Waals surface area contributed by atoms with E-state index >= 15 is 0 Å². The Bertz CT molecular complexity index is 407. The monoisotopic (exact) mass is 252 g/mol. The molecule has 0 aliphatic heterocycles. The van der Waals surface area contributed by atoms with Gasteiger partial charge in [-0.1, -0.05) is 25.0 Å². The largest absolute Gasteiger partial charge is 0.352 e. The number of halogens is 1. The van der Waals surface area contributed by atoms with Crippen LogP contribution in [0.25, 0.3) is 0 Å². The fourth-order valence-electron chi connectivity index (χ4n) is 1.83. The van der Waals surface area contributed by atoms with Crippen LogP contribution in [-0.2, 0) is 0 Å². The van der Waals surface area contributed by atoms with E-state index in [0.29, 0.717) is 19.0 Å². The van der Waals surface area contributed by atoms with Crippen LogP contribution < -0.4 is 11.1 Å². The van der Waals surface area contributed by atoms with Crippen LogP contribution >= 0.6 is 0 Å². The van der Waals surface area contributed by atoms with Gasteiger partial charge in [-0.15, -0.1) is 0 Å². The minimum absolute atomic E-state index is 0.109. The summed E-state index contributed by atoms with van der Waals surface area (Å²) in [5.74, 6) is -0.483. The first-order valence-corrected chi connectivity index (χ1v) is 6.32. The molecule has 0 saturated carbocycles. The van der Waals surface area contributed by atoms with E-state index in [2.05, 4.69) is 12.2 Å². The fraction of sp³-hybridized carbons (Fsp3) is 0.500. The number of nitrogens with one attached hydrogen (secondary N) is 1. The van der Waals surface area contributed by atoms with Gasteiger partial charge >= 0.3 is 0 Å². The second-order valence-corrected chi connectivity index (χ2v) is 4.54. The van der Waals surface area contributed by atoms with Crippen LogP contribution in [-0.4, -0.2) is 19.0 Å². The maximum Gasteiger partial charge on any atom is 0.254 e. The first kappa shape index (κ1) is 14.6. The van der Waals surface area contributed by atoms with Crippen molar-refractivity contribution in [1.29, 1.82) is 0 Å². The zero-order chi connectivity index (χ0) is 13.5. The van der Waals surface area contributed by atoms with Gasteiger partial charge in [0.15, 0.2) is 0 Å². The van der Waals surface area contributed by atoms with Gasteiger partial charge in [-0.25, -0.2) is 4.39 Å². The molecule has 0 radical (unpaired) electrons. The Morgan fingerprint density at radius 3 is 2.83 bits per heavy atom. The van der Waals surface area contributed by atoms with E-state index < -0.39 is 5.82 Å². The topological polar surface area (TPSA) is 55.1 Å². The van der Waals surface area contributed by atoms with Crippen molar-refractivity contribution in [3.05, 3.63) is 35.1 Å². The second-order valence-electron chi connectivity index (χ2n) is 4.54. The molecule has 0 aliphatic rings. The number of nitrogens with two attached hydrogens (primary N) is 1. The van der Waals surface area contributed by atoms with E-state index in [1.54, 1.807) is 12.1 Å². The minimum Gasteiger partial charge on any atom is -0.352 e. The summed E-state index contributed by atoms with van der Waals surface area (Å²) in [7, 11) is 0. The molecule has 0 aliphatic carbocycles. The van der Waals surface area contributed by atoms with E-state index in [1.165, 1.54) is 6.07 Å². The van der Waals surface area contributed by atoms with Crippen LogP contribution in [0.15, 0.2) is 18.2 Å². The normalized spacial score (nSPS) is 12.2. The van der Waals surface area contributed by atoms with Crippen molar-refractivity contribution in [3.8, 4) is 0 Å². The summed E-state index contributed by atoms with van der Waals surface area (Å²) in [6.45, 7) is 5.03. The highest BCUT2D eigenvalue weighted by Gasteiger charge is 2.13. The fourth-order valence-corrected chi connectivity index (χ4v) is 1.83. The molecular formula is C14H21FN2O. The molecule has 3 N–H and O–H groups in total. The summed E-state index contributed by atoms with van der Waals surface area (Å²) in [6, 6.07) is 4.53. The number of carbonyl (C=O) groups is 1. The van der Waals surface area contributed by atoms with Gasteiger partial charge in [-0.2, -0.15) is 0 Å². The first-order valence-electron chi connectivity index (χ1n) is 6.32.